The van der Waals surface area contributed by atoms with Gasteiger partial charge in [0.05, 0.1) is 0 Å². The predicted molar refractivity (Wildman–Crippen MR) is 49.6 cm³/mol. The second-order valence-corrected chi connectivity index (χ2v) is 4.22. The highest BCUT2D eigenvalue weighted by molar-refractivity contribution is 7.53. The SMILES string of the molecule is O=C(CO)[C@@H](O)[C@H](O)[C@H](O)CO[P+](O)(O)O. The zero-order chi connectivity index (χ0) is 12.9. The van der Waals surface area contributed by atoms with E-state index in [2.05, 4.69) is 4.52 Å². The van der Waals surface area contributed by atoms with Crippen LogP contribution in [0.15, 0.2) is 0 Å². The van der Waals surface area contributed by atoms with Crippen LogP contribution in [0.4, 0.5) is 0 Å². The van der Waals surface area contributed by atoms with Crippen molar-refractivity contribution >= 4 is 14.0 Å². The van der Waals surface area contributed by atoms with E-state index in [4.69, 9.17) is 35.1 Å². The molecule has 7 N–H and O–H groups in total. The molecule has 10 heteroatoms. The maximum atomic E-state index is 10.7. The Hall–Kier alpha value is -0.220. The third kappa shape index (κ3) is 5.75. The van der Waals surface area contributed by atoms with Gasteiger partial charge in [-0.1, -0.05) is 0 Å². The number of aliphatic hydroxyl groups excluding tert-OH is 4. The first kappa shape index (κ1) is 15.8. The van der Waals surface area contributed by atoms with E-state index in [0.29, 0.717) is 0 Å². The summed E-state index contributed by atoms with van der Waals surface area (Å²) in [4.78, 5) is 35.8. The Balaban J connectivity index is 4.17. The van der Waals surface area contributed by atoms with Crippen molar-refractivity contribution in [2.24, 2.45) is 0 Å². The fourth-order valence-corrected chi connectivity index (χ4v) is 1.12. The number of hydrogen-bond donors (Lipinski definition) is 7. The third-order valence-electron chi connectivity index (χ3n) is 1.62. The molecular weight excluding hydrogens is 247 g/mol. The first-order valence-electron chi connectivity index (χ1n) is 4.08. The molecule has 0 heterocycles. The number of aliphatic hydroxyl groups is 4. The lowest BCUT2D eigenvalue weighted by Crippen LogP contribution is -2.45. The average molecular weight is 261 g/mol. The standard InChI is InChI=1S/C6H14O9P/c7-1-3(8)5(10)6(11)4(9)2-15-16(12,13)14/h4-7,9-14H,1-2H2/q+1/t4-,5-,6-/m1/s1. The van der Waals surface area contributed by atoms with Gasteiger partial charge in [0.15, 0.2) is 5.78 Å². The van der Waals surface area contributed by atoms with Gasteiger partial charge in [0.25, 0.3) is 0 Å². The van der Waals surface area contributed by atoms with E-state index < -0.39 is 45.5 Å². The van der Waals surface area contributed by atoms with Gasteiger partial charge in [-0.3, -0.25) is 4.79 Å². The largest absolute Gasteiger partial charge is 0.567 e. The van der Waals surface area contributed by atoms with Crippen molar-refractivity contribution in [3.8, 4) is 0 Å². The highest BCUT2D eigenvalue weighted by Gasteiger charge is 2.37. The minimum atomic E-state index is -4.56. The smallest absolute Gasteiger partial charge is 0.388 e. The Bertz CT molecular complexity index is 227. The van der Waals surface area contributed by atoms with Crippen molar-refractivity contribution < 1.29 is 44.4 Å². The summed E-state index contributed by atoms with van der Waals surface area (Å²) in [6.45, 7) is -1.93. The molecule has 0 spiro atoms. The normalized spacial score (nSPS) is 17.9. The van der Waals surface area contributed by atoms with Gasteiger partial charge in [-0.25, -0.2) is 0 Å². The molecule has 0 aromatic carbocycles. The van der Waals surface area contributed by atoms with Gasteiger partial charge in [-0.2, -0.15) is 19.2 Å². The van der Waals surface area contributed by atoms with Gasteiger partial charge in [0, 0.05) is 0 Å². The van der Waals surface area contributed by atoms with Crippen LogP contribution in [-0.4, -0.2) is 72.4 Å². The maximum Gasteiger partial charge on any atom is 0.567 e. The molecule has 0 aliphatic carbocycles. The molecule has 96 valence electrons. The fraction of sp³-hybridized carbons (Fsp3) is 0.833. The van der Waals surface area contributed by atoms with Gasteiger partial charge in [-0.15, -0.1) is 0 Å². The van der Waals surface area contributed by atoms with Crippen molar-refractivity contribution in [3.63, 3.8) is 0 Å². The molecule has 0 amide bonds. The molecule has 3 atom stereocenters. The Morgan fingerprint density at radius 2 is 1.69 bits per heavy atom. The molecule has 0 aromatic heterocycles. The lowest BCUT2D eigenvalue weighted by atomic mass is 10.1. The lowest BCUT2D eigenvalue weighted by molar-refractivity contribution is -0.142. The van der Waals surface area contributed by atoms with Gasteiger partial charge in [0.2, 0.25) is 0 Å². The molecule has 0 rings (SSSR count). The van der Waals surface area contributed by atoms with Crippen molar-refractivity contribution in [2.45, 2.75) is 18.3 Å². The molecule has 0 saturated heterocycles. The molecule has 16 heavy (non-hydrogen) atoms. The van der Waals surface area contributed by atoms with Gasteiger partial charge in [0.1, 0.15) is 31.5 Å². The Morgan fingerprint density at radius 1 is 1.19 bits per heavy atom. The number of carbonyl (C=O) groups excluding carboxylic acids is 1. The van der Waals surface area contributed by atoms with Crippen molar-refractivity contribution in [3.05, 3.63) is 0 Å². The van der Waals surface area contributed by atoms with E-state index in [-0.39, 0.29) is 0 Å². The van der Waals surface area contributed by atoms with Gasteiger partial charge >= 0.3 is 8.17 Å². The monoisotopic (exact) mass is 261 g/mol. The molecule has 9 nitrogen and oxygen atoms in total. The molecule has 0 aliphatic rings. The summed E-state index contributed by atoms with van der Waals surface area (Å²) in [6, 6.07) is 0. The number of Topliss-reactive ketones (excluding diaryl/α,β-unsaturated/α-hetero) is 1. The van der Waals surface area contributed by atoms with E-state index in [1.807, 2.05) is 0 Å². The first-order chi connectivity index (χ1) is 7.19. The summed E-state index contributed by atoms with van der Waals surface area (Å²) < 4.78 is 3.96. The number of rotatable bonds is 7. The number of carbonyl (C=O) groups is 1. The lowest BCUT2D eigenvalue weighted by Gasteiger charge is -2.20. The highest BCUT2D eigenvalue weighted by Crippen LogP contribution is 2.45. The minimum absolute atomic E-state index is 0.909. The van der Waals surface area contributed by atoms with Crippen LogP contribution in [0.1, 0.15) is 0 Å². The number of ketones is 1. The van der Waals surface area contributed by atoms with Crippen LogP contribution in [0.5, 0.6) is 0 Å². The molecule has 0 bridgehead atoms. The summed E-state index contributed by atoms with van der Waals surface area (Å²) in [5.74, 6) is -1.12. The summed E-state index contributed by atoms with van der Waals surface area (Å²) in [5, 5.41) is 35.6. The maximum absolute atomic E-state index is 10.7. The molecule has 0 radical (unpaired) electrons. The van der Waals surface area contributed by atoms with Gasteiger partial charge < -0.3 is 20.4 Å². The van der Waals surface area contributed by atoms with E-state index in [0.717, 1.165) is 0 Å². The Morgan fingerprint density at radius 3 is 2.06 bits per heavy atom. The fourth-order valence-electron chi connectivity index (χ4n) is 0.769. The van der Waals surface area contributed by atoms with Crippen LogP contribution in [-0.2, 0) is 9.32 Å². The third-order valence-corrected chi connectivity index (χ3v) is 2.12. The molecule has 0 aromatic rings. The van der Waals surface area contributed by atoms with Crippen molar-refractivity contribution in [1.82, 2.24) is 0 Å². The summed E-state index contributed by atoms with van der Waals surface area (Å²) >= 11 is 0. The summed E-state index contributed by atoms with van der Waals surface area (Å²) in [7, 11) is -4.56. The molecule has 0 unspecified atom stereocenters. The Labute approximate surface area is 90.8 Å². The minimum Gasteiger partial charge on any atom is -0.388 e. The van der Waals surface area contributed by atoms with Crippen molar-refractivity contribution in [2.75, 3.05) is 13.2 Å². The molecule has 0 saturated carbocycles. The van der Waals surface area contributed by atoms with Crippen LogP contribution in [0, 0.1) is 0 Å². The van der Waals surface area contributed by atoms with E-state index >= 15 is 0 Å². The van der Waals surface area contributed by atoms with E-state index in [1.54, 1.807) is 0 Å². The first-order valence-corrected chi connectivity index (χ1v) is 5.65. The van der Waals surface area contributed by atoms with Crippen LogP contribution in [0.2, 0.25) is 0 Å². The van der Waals surface area contributed by atoms with Crippen LogP contribution < -0.4 is 0 Å². The molecular formula is C6H14O9P+. The second-order valence-electron chi connectivity index (χ2n) is 2.94. The van der Waals surface area contributed by atoms with E-state index in [9.17, 15) is 4.79 Å². The molecule has 0 aliphatic heterocycles. The zero-order valence-electron chi connectivity index (χ0n) is 8.04. The molecule has 0 fully saturated rings. The van der Waals surface area contributed by atoms with Crippen LogP contribution in [0.3, 0.4) is 0 Å². The van der Waals surface area contributed by atoms with Crippen LogP contribution in [0.25, 0.3) is 0 Å². The highest BCUT2D eigenvalue weighted by atomic mass is 31.2. The summed E-state index contributed by atoms with van der Waals surface area (Å²) in [6.07, 6.45) is -5.85. The predicted octanol–water partition coefficient (Wildman–Crippen LogP) is -3.70. The zero-order valence-corrected chi connectivity index (χ0v) is 8.93. The average Bonchev–Trinajstić information content (AvgIpc) is 2.21. The quantitative estimate of drug-likeness (QED) is 0.228. The van der Waals surface area contributed by atoms with Crippen LogP contribution >= 0.6 is 8.17 Å². The van der Waals surface area contributed by atoms with Crippen molar-refractivity contribution in [1.29, 1.82) is 0 Å². The van der Waals surface area contributed by atoms with Gasteiger partial charge in [-0.05, 0) is 0 Å². The topological polar surface area (TPSA) is 168 Å². The second kappa shape index (κ2) is 6.50. The summed E-state index contributed by atoms with van der Waals surface area (Å²) in [5.41, 5.74) is 0. The number of hydrogen-bond acceptors (Lipinski definition) is 9. The van der Waals surface area contributed by atoms with E-state index in [1.165, 1.54) is 0 Å². The Kier molecular flexibility index (Phi) is 6.41.